The molecule has 0 radical (unpaired) electrons. The molecule has 0 saturated carbocycles. The van der Waals surface area contributed by atoms with Gasteiger partial charge in [0.25, 0.3) is 0 Å². The molecule has 0 heterocycles. The van der Waals surface area contributed by atoms with E-state index in [1.165, 1.54) is 14.0 Å². The van der Waals surface area contributed by atoms with Gasteiger partial charge in [-0.1, -0.05) is 48.5 Å². The van der Waals surface area contributed by atoms with Gasteiger partial charge in [-0.2, -0.15) is 0 Å². The Morgan fingerprint density at radius 3 is 2.17 bits per heavy atom. The number of fused-ring (bicyclic) bond motifs is 3. The number of amides is 2. The zero-order valence-electron chi connectivity index (χ0n) is 16.1. The number of benzene rings is 2. The van der Waals surface area contributed by atoms with E-state index in [-0.39, 0.29) is 24.2 Å². The van der Waals surface area contributed by atoms with Crippen molar-refractivity contribution in [2.24, 2.45) is 0 Å². The Labute approximate surface area is 173 Å². The van der Waals surface area contributed by atoms with Crippen molar-refractivity contribution in [1.82, 2.24) is 9.62 Å². The first-order valence-electron chi connectivity index (χ1n) is 9.09. The predicted octanol–water partition coefficient (Wildman–Crippen LogP) is 3.10. The van der Waals surface area contributed by atoms with Gasteiger partial charge >= 0.3 is 12.1 Å². The molecule has 0 aromatic heterocycles. The number of carbonyl (C=O) groups excluding carboxylic acids is 2. The Morgan fingerprint density at radius 2 is 1.66 bits per heavy atom. The highest BCUT2D eigenvalue weighted by molar-refractivity contribution is 7.98. The number of rotatable bonds is 7. The first kappa shape index (κ1) is 20.7. The summed E-state index contributed by atoms with van der Waals surface area (Å²) in [5, 5.41) is 9.42. The number of likely N-dealkylation sites (N-methyl/N-ethyl adjacent to an activating group) is 1. The van der Waals surface area contributed by atoms with Crippen LogP contribution in [0.2, 0.25) is 0 Å². The molecule has 0 aliphatic heterocycles. The third kappa shape index (κ3) is 4.54. The molecule has 3 rings (SSSR count). The van der Waals surface area contributed by atoms with Gasteiger partial charge in [-0.3, -0.25) is 9.69 Å². The van der Waals surface area contributed by atoms with E-state index >= 15 is 0 Å². The van der Waals surface area contributed by atoms with Gasteiger partial charge < -0.3 is 14.6 Å². The molecule has 1 aliphatic carbocycles. The van der Waals surface area contributed by atoms with Crippen molar-refractivity contribution in [3.8, 4) is 11.1 Å². The third-order valence-electron chi connectivity index (χ3n) is 4.83. The first-order chi connectivity index (χ1) is 13.9. The number of carboxylic acids is 1. The van der Waals surface area contributed by atoms with Crippen LogP contribution in [0.15, 0.2) is 48.5 Å². The quantitative estimate of drug-likeness (QED) is 0.676. The van der Waals surface area contributed by atoms with Crippen LogP contribution in [0.1, 0.15) is 24.0 Å². The SMILES string of the molecule is CC(=O)NSCC(C(=O)O)N(C)C(=O)OCC1c2ccccc2-c2ccccc21. The fourth-order valence-electron chi connectivity index (χ4n) is 3.39. The van der Waals surface area contributed by atoms with Gasteiger partial charge in [0.2, 0.25) is 5.91 Å². The molecule has 7 nitrogen and oxygen atoms in total. The Kier molecular flexibility index (Phi) is 6.43. The molecule has 29 heavy (non-hydrogen) atoms. The highest BCUT2D eigenvalue weighted by atomic mass is 32.2. The first-order valence-corrected chi connectivity index (χ1v) is 10.1. The second-order valence-corrected chi connectivity index (χ2v) is 7.56. The molecule has 152 valence electrons. The van der Waals surface area contributed by atoms with Gasteiger partial charge in [0.15, 0.2) is 0 Å². The van der Waals surface area contributed by atoms with E-state index in [2.05, 4.69) is 4.72 Å². The van der Waals surface area contributed by atoms with E-state index in [0.717, 1.165) is 39.1 Å². The molecule has 8 heteroatoms. The molecule has 2 N–H and O–H groups in total. The highest BCUT2D eigenvalue weighted by Gasteiger charge is 2.32. The molecule has 0 spiro atoms. The van der Waals surface area contributed by atoms with E-state index in [1.54, 1.807) is 0 Å². The Hall–Kier alpha value is -3.00. The minimum absolute atomic E-state index is 0.00953. The lowest BCUT2D eigenvalue weighted by Crippen LogP contribution is -2.45. The molecule has 1 atom stereocenters. The zero-order valence-corrected chi connectivity index (χ0v) is 16.9. The maximum Gasteiger partial charge on any atom is 0.410 e. The van der Waals surface area contributed by atoms with Crippen molar-refractivity contribution >= 4 is 29.9 Å². The van der Waals surface area contributed by atoms with Crippen molar-refractivity contribution < 1.29 is 24.2 Å². The minimum atomic E-state index is -1.17. The van der Waals surface area contributed by atoms with Crippen LogP contribution in [-0.4, -0.2) is 53.4 Å². The molecule has 1 unspecified atom stereocenters. The number of carbonyl (C=O) groups is 3. The van der Waals surface area contributed by atoms with Gasteiger partial charge in [0.05, 0.1) is 0 Å². The van der Waals surface area contributed by atoms with Gasteiger partial charge in [0.1, 0.15) is 12.6 Å². The topological polar surface area (TPSA) is 95.9 Å². The van der Waals surface area contributed by atoms with Crippen LogP contribution in [0.25, 0.3) is 11.1 Å². The fraction of sp³-hybridized carbons (Fsp3) is 0.286. The highest BCUT2D eigenvalue weighted by Crippen LogP contribution is 2.44. The van der Waals surface area contributed by atoms with Gasteiger partial charge in [0, 0.05) is 25.6 Å². The van der Waals surface area contributed by atoms with Crippen LogP contribution in [0, 0.1) is 0 Å². The summed E-state index contributed by atoms with van der Waals surface area (Å²) in [6, 6.07) is 14.8. The largest absolute Gasteiger partial charge is 0.480 e. The average molecular weight is 414 g/mol. The molecule has 1 aliphatic rings. The summed E-state index contributed by atoms with van der Waals surface area (Å²) < 4.78 is 7.95. The Morgan fingerprint density at radius 1 is 1.10 bits per heavy atom. The molecule has 2 aromatic rings. The maximum atomic E-state index is 12.5. The van der Waals surface area contributed by atoms with Crippen LogP contribution in [0.3, 0.4) is 0 Å². The summed E-state index contributed by atoms with van der Waals surface area (Å²) in [5.74, 6) is -1.55. The second-order valence-electron chi connectivity index (χ2n) is 6.74. The number of hydrogen-bond acceptors (Lipinski definition) is 5. The average Bonchev–Trinajstić information content (AvgIpc) is 3.02. The standard InChI is InChI=1S/C21H22N2O5S/c1-13(24)22-29-12-19(20(25)26)23(2)21(27)28-11-18-16-9-5-3-7-14(16)15-8-4-6-10-17(15)18/h3-10,18-19H,11-12H2,1-2H3,(H,22,24)(H,25,26). The second kappa shape index (κ2) is 9.00. The summed E-state index contributed by atoms with van der Waals surface area (Å²) >= 11 is 0.938. The summed E-state index contributed by atoms with van der Waals surface area (Å²) in [5.41, 5.74) is 4.40. The van der Waals surface area contributed by atoms with Crippen LogP contribution in [-0.2, 0) is 14.3 Å². The normalized spacial score (nSPS) is 13.2. The minimum Gasteiger partial charge on any atom is -0.480 e. The monoisotopic (exact) mass is 414 g/mol. The number of ether oxygens (including phenoxy) is 1. The zero-order chi connectivity index (χ0) is 21.0. The van der Waals surface area contributed by atoms with Crippen molar-refractivity contribution in [2.75, 3.05) is 19.4 Å². The van der Waals surface area contributed by atoms with Crippen LogP contribution >= 0.6 is 11.9 Å². The van der Waals surface area contributed by atoms with E-state index in [0.29, 0.717) is 0 Å². The van der Waals surface area contributed by atoms with Crippen molar-refractivity contribution in [3.05, 3.63) is 59.7 Å². The van der Waals surface area contributed by atoms with Crippen molar-refractivity contribution in [1.29, 1.82) is 0 Å². The predicted molar refractivity (Wildman–Crippen MR) is 111 cm³/mol. The number of carboxylic acid groups (broad SMARTS) is 1. The molecule has 0 bridgehead atoms. The molecule has 0 fully saturated rings. The number of nitrogens with zero attached hydrogens (tertiary/aromatic N) is 1. The lowest BCUT2D eigenvalue weighted by molar-refractivity contribution is -0.141. The van der Waals surface area contributed by atoms with E-state index in [4.69, 9.17) is 4.74 Å². The fourth-order valence-corrected chi connectivity index (χ4v) is 4.20. The van der Waals surface area contributed by atoms with Gasteiger partial charge in [-0.05, 0) is 34.2 Å². The van der Waals surface area contributed by atoms with Crippen molar-refractivity contribution in [3.63, 3.8) is 0 Å². The Balaban J connectivity index is 1.68. The van der Waals surface area contributed by atoms with E-state index in [1.807, 2.05) is 48.5 Å². The van der Waals surface area contributed by atoms with Crippen LogP contribution in [0.4, 0.5) is 4.79 Å². The van der Waals surface area contributed by atoms with E-state index < -0.39 is 18.1 Å². The number of nitrogens with one attached hydrogen (secondary N) is 1. The summed E-state index contributed by atoms with van der Waals surface area (Å²) in [7, 11) is 1.38. The van der Waals surface area contributed by atoms with Gasteiger partial charge in [-0.25, -0.2) is 9.59 Å². The van der Waals surface area contributed by atoms with Crippen LogP contribution in [0.5, 0.6) is 0 Å². The lowest BCUT2D eigenvalue weighted by Gasteiger charge is -2.25. The summed E-state index contributed by atoms with van der Waals surface area (Å²) in [4.78, 5) is 36.1. The van der Waals surface area contributed by atoms with E-state index in [9.17, 15) is 19.5 Å². The van der Waals surface area contributed by atoms with Crippen LogP contribution < -0.4 is 4.72 Å². The number of aliphatic carboxylic acids is 1. The molecular weight excluding hydrogens is 392 g/mol. The summed E-state index contributed by atoms with van der Waals surface area (Å²) in [6.07, 6.45) is -0.720. The lowest BCUT2D eigenvalue weighted by atomic mass is 9.98. The summed E-state index contributed by atoms with van der Waals surface area (Å²) in [6.45, 7) is 1.44. The molecular formula is C21H22N2O5S. The Bertz CT molecular complexity index is 887. The molecule has 0 saturated heterocycles. The third-order valence-corrected chi connectivity index (χ3v) is 5.75. The smallest absolute Gasteiger partial charge is 0.410 e. The maximum absolute atomic E-state index is 12.5. The molecule has 2 aromatic carbocycles. The number of hydrogen-bond donors (Lipinski definition) is 2. The molecule has 2 amide bonds. The van der Waals surface area contributed by atoms with Crippen molar-refractivity contribution in [2.45, 2.75) is 18.9 Å². The van der Waals surface area contributed by atoms with Gasteiger partial charge in [-0.15, -0.1) is 0 Å².